The number of nitrogens with one attached hydrogen (secondary N) is 1. The molecule has 0 atom stereocenters. The SMILES string of the molecule is O=C(OCC(=O)c1c(-c2ccccc2)[nH]c2ccccc12)c1occc1CS(=O)(=O)c1ccccc1. The number of fused-ring (bicyclic) bond motifs is 1. The van der Waals surface area contributed by atoms with Crippen molar-refractivity contribution in [3.63, 3.8) is 0 Å². The number of para-hydroxylation sites is 1. The lowest BCUT2D eigenvalue weighted by Gasteiger charge is -2.07. The van der Waals surface area contributed by atoms with Crippen molar-refractivity contribution in [3.05, 3.63) is 114 Å². The average molecular weight is 500 g/mol. The zero-order valence-corrected chi connectivity index (χ0v) is 19.8. The van der Waals surface area contributed by atoms with Crippen LogP contribution in [0.15, 0.2) is 107 Å². The number of aromatic amines is 1. The molecule has 36 heavy (non-hydrogen) atoms. The average Bonchev–Trinajstić information content (AvgIpc) is 3.52. The molecular weight excluding hydrogens is 478 g/mol. The second-order valence-corrected chi connectivity index (χ2v) is 10.1. The number of hydrogen-bond acceptors (Lipinski definition) is 6. The Kier molecular flexibility index (Phi) is 6.26. The number of carbonyl (C=O) groups is 2. The first-order valence-corrected chi connectivity index (χ1v) is 12.8. The third-order valence-electron chi connectivity index (χ3n) is 5.76. The fourth-order valence-corrected chi connectivity index (χ4v) is 5.44. The lowest BCUT2D eigenvalue weighted by Crippen LogP contribution is -2.16. The summed E-state index contributed by atoms with van der Waals surface area (Å²) in [5.41, 5.74) is 2.81. The Balaban J connectivity index is 1.37. The number of furan rings is 1. The van der Waals surface area contributed by atoms with Crippen molar-refractivity contribution in [2.45, 2.75) is 10.6 Å². The first-order chi connectivity index (χ1) is 17.4. The molecule has 0 aliphatic rings. The summed E-state index contributed by atoms with van der Waals surface area (Å²) in [5, 5.41) is 0.713. The standard InChI is InChI=1S/C28H21NO6S/c30-24(25-22-13-7-8-14-23(22)29-26(25)19-9-3-1-4-10-19)17-35-28(31)27-20(15-16-34-27)18-36(32,33)21-11-5-2-6-12-21/h1-16,29H,17-18H2. The first kappa shape index (κ1) is 23.3. The maximum absolute atomic E-state index is 13.3. The van der Waals surface area contributed by atoms with Gasteiger partial charge in [-0.05, 0) is 29.8 Å². The van der Waals surface area contributed by atoms with Crippen LogP contribution in [-0.2, 0) is 20.3 Å². The van der Waals surface area contributed by atoms with Gasteiger partial charge in [-0.15, -0.1) is 0 Å². The fourth-order valence-electron chi connectivity index (χ4n) is 4.07. The summed E-state index contributed by atoms with van der Waals surface area (Å²) in [4.78, 5) is 29.4. The third kappa shape index (κ3) is 4.58. The van der Waals surface area contributed by atoms with E-state index in [4.69, 9.17) is 9.15 Å². The zero-order chi connectivity index (χ0) is 25.1. The van der Waals surface area contributed by atoms with Gasteiger partial charge in [-0.3, -0.25) is 4.79 Å². The van der Waals surface area contributed by atoms with Gasteiger partial charge in [0.2, 0.25) is 11.5 Å². The van der Waals surface area contributed by atoms with E-state index in [-0.39, 0.29) is 16.2 Å². The Hall–Kier alpha value is -4.43. The maximum atomic E-state index is 13.3. The summed E-state index contributed by atoms with van der Waals surface area (Å²) in [5.74, 6) is -1.99. The number of sulfone groups is 1. The summed E-state index contributed by atoms with van der Waals surface area (Å²) < 4.78 is 36.0. The molecule has 2 aromatic heterocycles. The molecule has 0 amide bonds. The van der Waals surface area contributed by atoms with Gasteiger partial charge in [-0.2, -0.15) is 0 Å². The molecule has 5 aromatic rings. The Bertz CT molecular complexity index is 1650. The minimum atomic E-state index is -3.71. The second-order valence-electron chi connectivity index (χ2n) is 8.13. The number of ether oxygens (including phenoxy) is 1. The molecule has 0 bridgehead atoms. The number of H-pyrrole nitrogens is 1. The van der Waals surface area contributed by atoms with Gasteiger partial charge >= 0.3 is 5.97 Å². The molecule has 5 rings (SSSR count). The predicted octanol–water partition coefficient (Wildman–Crippen LogP) is 5.44. The molecular formula is C28H21NO6S. The summed E-state index contributed by atoms with van der Waals surface area (Å²) >= 11 is 0. The minimum absolute atomic E-state index is 0.133. The topological polar surface area (TPSA) is 106 Å². The summed E-state index contributed by atoms with van der Waals surface area (Å²) in [7, 11) is -3.71. The number of benzene rings is 3. The van der Waals surface area contributed by atoms with E-state index in [9.17, 15) is 18.0 Å². The number of hydrogen-bond donors (Lipinski definition) is 1. The monoisotopic (exact) mass is 499 g/mol. The quantitative estimate of drug-likeness (QED) is 0.225. The van der Waals surface area contributed by atoms with Crippen molar-refractivity contribution in [1.29, 1.82) is 0 Å². The maximum Gasteiger partial charge on any atom is 0.374 e. The number of Topliss-reactive ketones (excluding diaryl/α,β-unsaturated/α-hetero) is 1. The molecule has 8 heteroatoms. The lowest BCUT2D eigenvalue weighted by atomic mass is 10.0. The Morgan fingerprint density at radius 3 is 2.25 bits per heavy atom. The highest BCUT2D eigenvalue weighted by Crippen LogP contribution is 2.31. The molecule has 0 radical (unpaired) electrons. The molecule has 1 N–H and O–H groups in total. The van der Waals surface area contributed by atoms with E-state index in [1.54, 1.807) is 18.2 Å². The number of carbonyl (C=O) groups excluding carboxylic acids is 2. The van der Waals surface area contributed by atoms with Gasteiger partial charge < -0.3 is 14.1 Å². The van der Waals surface area contributed by atoms with Gasteiger partial charge in [0.25, 0.3) is 0 Å². The Labute approximate surface area is 207 Å². The molecule has 0 saturated carbocycles. The van der Waals surface area contributed by atoms with Crippen molar-refractivity contribution < 1.29 is 27.2 Å². The Morgan fingerprint density at radius 2 is 1.50 bits per heavy atom. The van der Waals surface area contributed by atoms with Crippen LogP contribution in [-0.4, -0.2) is 31.8 Å². The summed E-state index contributed by atoms with van der Waals surface area (Å²) in [6.07, 6.45) is 1.22. The lowest BCUT2D eigenvalue weighted by molar-refractivity contribution is 0.0443. The van der Waals surface area contributed by atoms with Crippen LogP contribution in [0.3, 0.4) is 0 Å². The number of ketones is 1. The third-order valence-corrected chi connectivity index (χ3v) is 7.44. The van der Waals surface area contributed by atoms with Crippen LogP contribution in [0.25, 0.3) is 22.2 Å². The normalized spacial score (nSPS) is 11.4. The van der Waals surface area contributed by atoms with Gasteiger partial charge in [0.15, 0.2) is 16.4 Å². The summed E-state index contributed by atoms with van der Waals surface area (Å²) in [6.45, 7) is -0.536. The molecule has 0 spiro atoms. The largest absolute Gasteiger partial charge is 0.457 e. The molecule has 0 fully saturated rings. The van der Waals surface area contributed by atoms with Crippen molar-refractivity contribution in [2.75, 3.05) is 6.61 Å². The zero-order valence-electron chi connectivity index (χ0n) is 19.0. The highest BCUT2D eigenvalue weighted by atomic mass is 32.2. The summed E-state index contributed by atoms with van der Waals surface area (Å²) in [6, 6.07) is 26.1. The first-order valence-electron chi connectivity index (χ1n) is 11.1. The van der Waals surface area contributed by atoms with Gasteiger partial charge in [0.1, 0.15) is 0 Å². The van der Waals surface area contributed by atoms with E-state index in [1.807, 2.05) is 54.6 Å². The molecule has 3 aromatic carbocycles. The van der Waals surface area contributed by atoms with Crippen LogP contribution in [0.1, 0.15) is 26.5 Å². The molecule has 0 saturated heterocycles. The molecule has 7 nitrogen and oxygen atoms in total. The molecule has 180 valence electrons. The highest BCUT2D eigenvalue weighted by molar-refractivity contribution is 7.90. The van der Waals surface area contributed by atoms with Crippen LogP contribution in [0, 0.1) is 0 Å². The highest BCUT2D eigenvalue weighted by Gasteiger charge is 2.25. The van der Waals surface area contributed by atoms with E-state index in [0.717, 1.165) is 11.1 Å². The van der Waals surface area contributed by atoms with Crippen molar-refractivity contribution >= 4 is 32.5 Å². The van der Waals surface area contributed by atoms with Crippen molar-refractivity contribution in [2.24, 2.45) is 0 Å². The Morgan fingerprint density at radius 1 is 0.833 bits per heavy atom. The van der Waals surface area contributed by atoms with Crippen molar-refractivity contribution in [1.82, 2.24) is 4.98 Å². The van der Waals surface area contributed by atoms with Gasteiger partial charge in [0, 0.05) is 16.5 Å². The smallest absolute Gasteiger partial charge is 0.374 e. The minimum Gasteiger partial charge on any atom is -0.457 e. The molecule has 2 heterocycles. The van der Waals surface area contributed by atoms with Gasteiger partial charge in [-0.25, -0.2) is 13.2 Å². The van der Waals surface area contributed by atoms with Crippen LogP contribution >= 0.6 is 0 Å². The van der Waals surface area contributed by atoms with Crippen LogP contribution in [0.5, 0.6) is 0 Å². The van der Waals surface area contributed by atoms with E-state index in [1.165, 1.54) is 24.5 Å². The fraction of sp³-hybridized carbons (Fsp3) is 0.0714. The van der Waals surface area contributed by atoms with E-state index < -0.39 is 33.9 Å². The van der Waals surface area contributed by atoms with Crippen molar-refractivity contribution in [3.8, 4) is 11.3 Å². The van der Waals surface area contributed by atoms with Crippen LogP contribution < -0.4 is 0 Å². The van der Waals surface area contributed by atoms with Crippen LogP contribution in [0.2, 0.25) is 0 Å². The number of rotatable bonds is 8. The molecule has 0 aliphatic carbocycles. The molecule has 0 aliphatic heterocycles. The predicted molar refractivity (Wildman–Crippen MR) is 134 cm³/mol. The molecule has 0 unspecified atom stereocenters. The van der Waals surface area contributed by atoms with E-state index in [0.29, 0.717) is 16.6 Å². The number of esters is 1. The van der Waals surface area contributed by atoms with E-state index >= 15 is 0 Å². The second kappa shape index (κ2) is 9.67. The van der Waals surface area contributed by atoms with E-state index in [2.05, 4.69) is 4.98 Å². The van der Waals surface area contributed by atoms with Crippen LogP contribution in [0.4, 0.5) is 0 Å². The van der Waals surface area contributed by atoms with Gasteiger partial charge in [0.05, 0.1) is 28.2 Å². The number of aromatic nitrogens is 1. The van der Waals surface area contributed by atoms with Gasteiger partial charge in [-0.1, -0.05) is 66.7 Å².